The highest BCUT2D eigenvalue weighted by Gasteiger charge is 2.22. The van der Waals surface area contributed by atoms with Crippen LogP contribution in [-0.4, -0.2) is 17.6 Å². The van der Waals surface area contributed by atoms with Crippen LogP contribution in [0, 0.1) is 0 Å². The first-order chi connectivity index (χ1) is 9.72. The average Bonchev–Trinajstić information content (AvgIpc) is 2.85. The van der Waals surface area contributed by atoms with Crippen molar-refractivity contribution in [1.82, 2.24) is 0 Å². The van der Waals surface area contributed by atoms with Gasteiger partial charge in [0.1, 0.15) is 0 Å². The Labute approximate surface area is 121 Å². The van der Waals surface area contributed by atoms with Crippen LogP contribution in [0.3, 0.4) is 0 Å². The highest BCUT2D eigenvalue weighted by molar-refractivity contribution is 5.89. The number of rotatable bonds is 8. The van der Waals surface area contributed by atoms with E-state index in [2.05, 4.69) is 12.2 Å². The summed E-state index contributed by atoms with van der Waals surface area (Å²) in [5.41, 5.74) is 2.68. The molecule has 1 aromatic carbocycles. The number of fused-ring (bicyclic) bond motifs is 1. The summed E-state index contributed by atoms with van der Waals surface area (Å²) in [7, 11) is 0. The van der Waals surface area contributed by atoms with Crippen molar-refractivity contribution in [3.63, 3.8) is 0 Å². The number of nitrogens with one attached hydrogen (secondary N) is 1. The number of hydrogen-bond acceptors (Lipinski definition) is 2. The van der Waals surface area contributed by atoms with E-state index < -0.39 is 5.97 Å². The summed E-state index contributed by atoms with van der Waals surface area (Å²) in [6.45, 7) is 3.19. The minimum absolute atomic E-state index is 0.372. The van der Waals surface area contributed by atoms with E-state index in [1.165, 1.54) is 50.5 Å². The molecular weight excluding hydrogens is 250 g/mol. The molecule has 1 aromatic rings. The lowest BCUT2D eigenvalue weighted by atomic mass is 9.94. The van der Waals surface area contributed by atoms with Gasteiger partial charge in [-0.3, -0.25) is 0 Å². The van der Waals surface area contributed by atoms with Crippen LogP contribution < -0.4 is 5.32 Å². The third kappa shape index (κ3) is 3.75. The number of benzene rings is 1. The van der Waals surface area contributed by atoms with Gasteiger partial charge >= 0.3 is 5.97 Å². The van der Waals surface area contributed by atoms with E-state index in [0.29, 0.717) is 11.5 Å². The normalized spacial score (nSPS) is 16.8. The van der Waals surface area contributed by atoms with E-state index in [9.17, 15) is 4.79 Å². The standard InChI is InChI=1S/C17H25NO2/c1-2-3-4-5-6-7-8-14-12-18-16-11-13(17(19)20)9-10-15(14)16/h9-11,14,18H,2-8,12H2,1H3,(H,19,20)/t14-/m1/s1. The quantitative estimate of drug-likeness (QED) is 0.679. The highest BCUT2D eigenvalue weighted by Crippen LogP contribution is 2.35. The third-order valence-electron chi connectivity index (χ3n) is 4.19. The smallest absolute Gasteiger partial charge is 0.335 e. The number of anilines is 1. The molecule has 20 heavy (non-hydrogen) atoms. The third-order valence-corrected chi connectivity index (χ3v) is 4.19. The van der Waals surface area contributed by atoms with Crippen molar-refractivity contribution in [3.05, 3.63) is 29.3 Å². The van der Waals surface area contributed by atoms with E-state index in [1.54, 1.807) is 12.1 Å². The summed E-state index contributed by atoms with van der Waals surface area (Å²) in [6, 6.07) is 5.47. The molecule has 0 saturated heterocycles. The Morgan fingerprint density at radius 2 is 2.00 bits per heavy atom. The van der Waals surface area contributed by atoms with Gasteiger partial charge in [0.05, 0.1) is 5.56 Å². The Bertz CT molecular complexity index is 456. The molecule has 1 aliphatic rings. The molecule has 0 aromatic heterocycles. The first-order valence-corrected chi connectivity index (χ1v) is 7.83. The summed E-state index contributed by atoms with van der Waals surface area (Å²) >= 11 is 0. The van der Waals surface area contributed by atoms with Gasteiger partial charge in [0.15, 0.2) is 0 Å². The second-order valence-corrected chi connectivity index (χ2v) is 5.74. The predicted molar refractivity (Wildman–Crippen MR) is 82.6 cm³/mol. The van der Waals surface area contributed by atoms with Crippen molar-refractivity contribution >= 4 is 11.7 Å². The highest BCUT2D eigenvalue weighted by atomic mass is 16.4. The molecule has 3 nitrogen and oxygen atoms in total. The summed E-state index contributed by atoms with van der Waals surface area (Å²) in [5, 5.41) is 12.3. The second kappa shape index (κ2) is 7.32. The van der Waals surface area contributed by atoms with Gasteiger partial charge in [0, 0.05) is 18.2 Å². The molecule has 0 saturated carbocycles. The summed E-state index contributed by atoms with van der Waals surface area (Å²) < 4.78 is 0. The first-order valence-electron chi connectivity index (χ1n) is 7.83. The van der Waals surface area contributed by atoms with Crippen LogP contribution in [0.2, 0.25) is 0 Å². The lowest BCUT2D eigenvalue weighted by molar-refractivity contribution is 0.0697. The first kappa shape index (κ1) is 14.9. The van der Waals surface area contributed by atoms with Crippen LogP contribution in [0.4, 0.5) is 5.69 Å². The molecular formula is C17H25NO2. The number of carbonyl (C=O) groups is 1. The number of hydrogen-bond donors (Lipinski definition) is 2. The van der Waals surface area contributed by atoms with E-state index in [4.69, 9.17) is 5.11 Å². The van der Waals surface area contributed by atoms with E-state index in [-0.39, 0.29) is 0 Å². The molecule has 0 bridgehead atoms. The Hall–Kier alpha value is -1.51. The van der Waals surface area contributed by atoms with Crippen LogP contribution in [0.25, 0.3) is 0 Å². The molecule has 1 heterocycles. The Kier molecular flexibility index (Phi) is 5.45. The number of aromatic carboxylic acids is 1. The average molecular weight is 275 g/mol. The van der Waals surface area contributed by atoms with Crippen molar-refractivity contribution in [2.45, 2.75) is 57.8 Å². The number of carboxylic acid groups (broad SMARTS) is 1. The molecule has 2 rings (SSSR count). The minimum atomic E-state index is -0.853. The van der Waals surface area contributed by atoms with Gasteiger partial charge in [-0.2, -0.15) is 0 Å². The monoisotopic (exact) mass is 275 g/mol. The number of carboxylic acids is 1. The lowest BCUT2D eigenvalue weighted by Crippen LogP contribution is -2.01. The van der Waals surface area contributed by atoms with Gasteiger partial charge in [-0.05, 0) is 24.1 Å². The molecule has 1 aliphatic heterocycles. The van der Waals surface area contributed by atoms with Crippen molar-refractivity contribution in [2.75, 3.05) is 11.9 Å². The fourth-order valence-corrected chi connectivity index (χ4v) is 2.97. The van der Waals surface area contributed by atoms with Crippen LogP contribution in [0.5, 0.6) is 0 Å². The Morgan fingerprint density at radius 1 is 1.25 bits per heavy atom. The van der Waals surface area contributed by atoms with Crippen molar-refractivity contribution in [1.29, 1.82) is 0 Å². The summed E-state index contributed by atoms with van der Waals surface area (Å²) in [5.74, 6) is -0.298. The van der Waals surface area contributed by atoms with Crippen LogP contribution in [0.15, 0.2) is 18.2 Å². The zero-order chi connectivity index (χ0) is 14.4. The maximum absolute atomic E-state index is 11.0. The van der Waals surface area contributed by atoms with E-state index in [1.807, 2.05) is 6.07 Å². The minimum Gasteiger partial charge on any atom is -0.478 e. The van der Waals surface area contributed by atoms with Gasteiger partial charge in [-0.25, -0.2) is 4.79 Å². The van der Waals surface area contributed by atoms with Gasteiger partial charge in [-0.15, -0.1) is 0 Å². The molecule has 110 valence electrons. The topological polar surface area (TPSA) is 49.3 Å². The molecule has 0 spiro atoms. The SMILES string of the molecule is CCCCCCCC[C@@H]1CNc2cc(C(=O)O)ccc21. The Balaban J connectivity index is 1.81. The second-order valence-electron chi connectivity index (χ2n) is 5.74. The molecule has 0 fully saturated rings. The Morgan fingerprint density at radius 3 is 2.75 bits per heavy atom. The van der Waals surface area contributed by atoms with Crippen molar-refractivity contribution < 1.29 is 9.90 Å². The van der Waals surface area contributed by atoms with Gasteiger partial charge in [0.2, 0.25) is 0 Å². The van der Waals surface area contributed by atoms with E-state index in [0.717, 1.165) is 12.2 Å². The fourth-order valence-electron chi connectivity index (χ4n) is 2.97. The predicted octanol–water partition coefficient (Wildman–Crippen LogP) is 4.64. The van der Waals surface area contributed by atoms with E-state index >= 15 is 0 Å². The zero-order valence-electron chi connectivity index (χ0n) is 12.3. The molecule has 3 heteroatoms. The van der Waals surface area contributed by atoms with Crippen molar-refractivity contribution in [2.24, 2.45) is 0 Å². The molecule has 2 N–H and O–H groups in total. The molecule has 1 atom stereocenters. The van der Waals surface area contributed by atoms with Gasteiger partial charge in [0.25, 0.3) is 0 Å². The maximum Gasteiger partial charge on any atom is 0.335 e. The molecule has 0 amide bonds. The van der Waals surface area contributed by atoms with Crippen LogP contribution >= 0.6 is 0 Å². The zero-order valence-corrected chi connectivity index (χ0v) is 12.3. The molecule has 0 unspecified atom stereocenters. The number of unbranched alkanes of at least 4 members (excludes halogenated alkanes) is 5. The summed E-state index contributed by atoms with van der Waals surface area (Å²) in [6.07, 6.45) is 9.15. The molecule has 0 radical (unpaired) electrons. The fraction of sp³-hybridized carbons (Fsp3) is 0.588. The molecule has 0 aliphatic carbocycles. The van der Waals surface area contributed by atoms with Crippen LogP contribution in [-0.2, 0) is 0 Å². The van der Waals surface area contributed by atoms with Gasteiger partial charge < -0.3 is 10.4 Å². The largest absolute Gasteiger partial charge is 0.478 e. The summed E-state index contributed by atoms with van der Waals surface area (Å²) in [4.78, 5) is 11.0. The van der Waals surface area contributed by atoms with Crippen LogP contribution in [0.1, 0.15) is 73.7 Å². The van der Waals surface area contributed by atoms with Crippen molar-refractivity contribution in [3.8, 4) is 0 Å². The lowest BCUT2D eigenvalue weighted by Gasteiger charge is -2.10. The van der Waals surface area contributed by atoms with Gasteiger partial charge in [-0.1, -0.05) is 51.5 Å². The maximum atomic E-state index is 11.0.